The van der Waals surface area contributed by atoms with Crippen molar-refractivity contribution in [2.75, 3.05) is 18.1 Å². The van der Waals surface area contributed by atoms with Gasteiger partial charge in [0.25, 0.3) is 0 Å². The van der Waals surface area contributed by atoms with Crippen molar-refractivity contribution in [1.82, 2.24) is 0 Å². The molecule has 0 amide bonds. The van der Waals surface area contributed by atoms with Crippen LogP contribution in [0.1, 0.15) is 17.3 Å². The Kier molecular flexibility index (Phi) is 5.49. The minimum absolute atomic E-state index is 0.144. The van der Waals surface area contributed by atoms with Gasteiger partial charge in [0.05, 0.1) is 6.61 Å². The molecule has 0 bridgehead atoms. The number of hydrogen-bond donors (Lipinski definition) is 1. The SMILES string of the molecule is CCSCCOc1cc(Cl)ccc1C(=O)O. The maximum Gasteiger partial charge on any atom is 0.339 e. The molecule has 0 atom stereocenters. The average Bonchev–Trinajstić information content (AvgIpc) is 2.24. The first-order valence-electron chi connectivity index (χ1n) is 4.88. The average molecular weight is 261 g/mol. The third-order valence-corrected chi connectivity index (χ3v) is 2.96. The molecule has 3 nitrogen and oxygen atoms in total. The number of aromatic carboxylic acids is 1. The normalized spacial score (nSPS) is 10.1. The maximum atomic E-state index is 10.9. The van der Waals surface area contributed by atoms with E-state index in [2.05, 4.69) is 6.92 Å². The fraction of sp³-hybridized carbons (Fsp3) is 0.364. The number of thioether (sulfide) groups is 1. The van der Waals surface area contributed by atoms with Crippen molar-refractivity contribution >= 4 is 29.3 Å². The highest BCUT2D eigenvalue weighted by Crippen LogP contribution is 2.23. The van der Waals surface area contributed by atoms with E-state index in [1.807, 2.05) is 0 Å². The second-order valence-electron chi connectivity index (χ2n) is 2.99. The molecule has 0 unspecified atom stereocenters. The van der Waals surface area contributed by atoms with Gasteiger partial charge in [0.1, 0.15) is 11.3 Å². The Morgan fingerprint density at radius 2 is 2.31 bits per heavy atom. The summed E-state index contributed by atoms with van der Waals surface area (Å²) in [7, 11) is 0. The molecule has 0 heterocycles. The van der Waals surface area contributed by atoms with E-state index in [4.69, 9.17) is 21.4 Å². The minimum Gasteiger partial charge on any atom is -0.492 e. The topological polar surface area (TPSA) is 46.5 Å². The van der Waals surface area contributed by atoms with Crippen LogP contribution in [-0.2, 0) is 0 Å². The fourth-order valence-corrected chi connectivity index (χ4v) is 1.80. The molecule has 0 radical (unpaired) electrons. The van der Waals surface area contributed by atoms with E-state index < -0.39 is 5.97 Å². The lowest BCUT2D eigenvalue weighted by Crippen LogP contribution is -2.06. The number of carboxylic acids is 1. The third kappa shape index (κ3) is 3.94. The summed E-state index contributed by atoms with van der Waals surface area (Å²) in [5.41, 5.74) is 0.144. The Hall–Kier alpha value is -0.870. The highest BCUT2D eigenvalue weighted by atomic mass is 35.5. The zero-order chi connectivity index (χ0) is 12.0. The summed E-state index contributed by atoms with van der Waals surface area (Å²) < 4.78 is 5.40. The molecule has 88 valence electrons. The lowest BCUT2D eigenvalue weighted by Gasteiger charge is -2.08. The van der Waals surface area contributed by atoms with Gasteiger partial charge in [-0.15, -0.1) is 0 Å². The predicted octanol–water partition coefficient (Wildman–Crippen LogP) is 3.17. The molecular formula is C11H13ClO3S. The second kappa shape index (κ2) is 6.66. The molecule has 5 heteroatoms. The standard InChI is InChI=1S/C11H13ClO3S/c1-2-16-6-5-15-10-7-8(12)3-4-9(10)11(13)14/h3-4,7H,2,5-6H2,1H3,(H,13,14). The number of rotatable bonds is 6. The van der Waals surface area contributed by atoms with Gasteiger partial charge in [-0.2, -0.15) is 11.8 Å². The summed E-state index contributed by atoms with van der Waals surface area (Å²) in [4.78, 5) is 10.9. The molecule has 16 heavy (non-hydrogen) atoms. The Morgan fingerprint density at radius 3 is 2.94 bits per heavy atom. The largest absolute Gasteiger partial charge is 0.492 e. The number of benzene rings is 1. The predicted molar refractivity (Wildman–Crippen MR) is 66.9 cm³/mol. The van der Waals surface area contributed by atoms with Crippen molar-refractivity contribution in [2.45, 2.75) is 6.92 Å². The van der Waals surface area contributed by atoms with Crippen LogP contribution < -0.4 is 4.74 Å². The highest BCUT2D eigenvalue weighted by Gasteiger charge is 2.11. The van der Waals surface area contributed by atoms with Gasteiger partial charge in [0, 0.05) is 10.8 Å². The zero-order valence-corrected chi connectivity index (χ0v) is 10.5. The van der Waals surface area contributed by atoms with Crippen LogP contribution in [0.3, 0.4) is 0 Å². The van der Waals surface area contributed by atoms with Crippen molar-refractivity contribution in [3.05, 3.63) is 28.8 Å². The Balaban J connectivity index is 2.68. The zero-order valence-electron chi connectivity index (χ0n) is 8.90. The van der Waals surface area contributed by atoms with Gasteiger partial charge in [-0.25, -0.2) is 4.79 Å². The van der Waals surface area contributed by atoms with Crippen molar-refractivity contribution < 1.29 is 14.6 Å². The van der Waals surface area contributed by atoms with Crippen LogP contribution in [0.2, 0.25) is 5.02 Å². The third-order valence-electron chi connectivity index (χ3n) is 1.86. The van der Waals surface area contributed by atoms with E-state index >= 15 is 0 Å². The number of carboxylic acid groups (broad SMARTS) is 1. The molecule has 1 aromatic rings. The van der Waals surface area contributed by atoms with Crippen LogP contribution in [-0.4, -0.2) is 29.2 Å². The van der Waals surface area contributed by atoms with Crippen LogP contribution >= 0.6 is 23.4 Å². The first-order chi connectivity index (χ1) is 7.65. The van der Waals surface area contributed by atoms with Gasteiger partial charge in [-0.3, -0.25) is 0 Å². The molecule has 0 aromatic heterocycles. The Bertz CT molecular complexity index is 368. The molecular weight excluding hydrogens is 248 g/mol. The van der Waals surface area contributed by atoms with E-state index in [1.165, 1.54) is 12.1 Å². The summed E-state index contributed by atoms with van der Waals surface area (Å²) in [5.74, 6) is 1.18. The van der Waals surface area contributed by atoms with Crippen LogP contribution in [0.5, 0.6) is 5.75 Å². The van der Waals surface area contributed by atoms with E-state index in [0.717, 1.165) is 11.5 Å². The molecule has 0 aliphatic heterocycles. The van der Waals surface area contributed by atoms with E-state index in [1.54, 1.807) is 17.8 Å². The summed E-state index contributed by atoms with van der Waals surface area (Å²) in [6.07, 6.45) is 0. The molecule has 0 saturated heterocycles. The molecule has 1 N–H and O–H groups in total. The maximum absolute atomic E-state index is 10.9. The van der Waals surface area contributed by atoms with Crippen molar-refractivity contribution in [3.63, 3.8) is 0 Å². The molecule has 0 saturated carbocycles. The lowest BCUT2D eigenvalue weighted by molar-refractivity contribution is 0.0692. The Labute approximate surface area is 104 Å². The molecule has 0 spiro atoms. The number of carbonyl (C=O) groups is 1. The van der Waals surface area contributed by atoms with Gasteiger partial charge < -0.3 is 9.84 Å². The number of halogens is 1. The first kappa shape index (κ1) is 13.2. The molecule has 0 aliphatic rings. The monoisotopic (exact) mass is 260 g/mol. The van der Waals surface area contributed by atoms with E-state index in [0.29, 0.717) is 17.4 Å². The van der Waals surface area contributed by atoms with Crippen LogP contribution in [0.25, 0.3) is 0 Å². The molecule has 0 fully saturated rings. The summed E-state index contributed by atoms with van der Waals surface area (Å²) in [6.45, 7) is 2.55. The van der Waals surface area contributed by atoms with Crippen molar-refractivity contribution in [3.8, 4) is 5.75 Å². The van der Waals surface area contributed by atoms with Gasteiger partial charge in [-0.05, 0) is 24.0 Å². The van der Waals surface area contributed by atoms with Gasteiger partial charge in [0.15, 0.2) is 0 Å². The smallest absolute Gasteiger partial charge is 0.339 e. The molecule has 1 rings (SSSR count). The van der Waals surface area contributed by atoms with Crippen LogP contribution in [0.15, 0.2) is 18.2 Å². The number of ether oxygens (including phenoxy) is 1. The second-order valence-corrected chi connectivity index (χ2v) is 4.82. The van der Waals surface area contributed by atoms with Crippen LogP contribution in [0, 0.1) is 0 Å². The van der Waals surface area contributed by atoms with E-state index in [9.17, 15) is 4.79 Å². The van der Waals surface area contributed by atoms with Gasteiger partial charge >= 0.3 is 5.97 Å². The summed E-state index contributed by atoms with van der Waals surface area (Å²) >= 11 is 7.52. The van der Waals surface area contributed by atoms with E-state index in [-0.39, 0.29) is 5.56 Å². The molecule has 1 aromatic carbocycles. The highest BCUT2D eigenvalue weighted by molar-refractivity contribution is 7.99. The number of hydrogen-bond acceptors (Lipinski definition) is 3. The summed E-state index contributed by atoms with van der Waals surface area (Å²) in [5, 5.41) is 9.41. The van der Waals surface area contributed by atoms with Crippen molar-refractivity contribution in [2.24, 2.45) is 0 Å². The first-order valence-corrected chi connectivity index (χ1v) is 6.41. The Morgan fingerprint density at radius 1 is 1.56 bits per heavy atom. The van der Waals surface area contributed by atoms with Crippen LogP contribution in [0.4, 0.5) is 0 Å². The summed E-state index contributed by atoms with van der Waals surface area (Å²) in [6, 6.07) is 4.52. The quantitative estimate of drug-likeness (QED) is 0.798. The fourth-order valence-electron chi connectivity index (χ4n) is 1.15. The minimum atomic E-state index is -1.00. The lowest BCUT2D eigenvalue weighted by atomic mass is 10.2. The van der Waals surface area contributed by atoms with Gasteiger partial charge in [-0.1, -0.05) is 18.5 Å². The molecule has 0 aliphatic carbocycles. The van der Waals surface area contributed by atoms with Crippen molar-refractivity contribution in [1.29, 1.82) is 0 Å². The van der Waals surface area contributed by atoms with Gasteiger partial charge in [0.2, 0.25) is 0 Å².